The number of aliphatic imine (C=N–C) groups is 1. The summed E-state index contributed by atoms with van der Waals surface area (Å²) < 4.78 is 8.08. The number of guanidine groups is 1. The van der Waals surface area contributed by atoms with Crippen LogP contribution in [0.4, 0.5) is 0 Å². The third-order valence-electron chi connectivity index (χ3n) is 2.10. The molecule has 8 heteroatoms. The van der Waals surface area contributed by atoms with E-state index in [0.29, 0.717) is 25.8 Å². The maximum Gasteiger partial charge on any atom is 0.210 e. The third-order valence-corrected chi connectivity index (χ3v) is 2.62. The molecule has 16 heavy (non-hydrogen) atoms. The molecule has 7 nitrogen and oxygen atoms in total. The van der Waals surface area contributed by atoms with Crippen molar-refractivity contribution < 1.29 is 0 Å². The van der Waals surface area contributed by atoms with Crippen LogP contribution in [0.3, 0.4) is 0 Å². The van der Waals surface area contributed by atoms with Crippen molar-refractivity contribution in [3.05, 3.63) is 11.9 Å². The van der Waals surface area contributed by atoms with Gasteiger partial charge in [-0.3, -0.25) is 10.2 Å². The van der Waals surface area contributed by atoms with E-state index >= 15 is 0 Å². The molecule has 0 saturated carbocycles. The summed E-state index contributed by atoms with van der Waals surface area (Å²) in [5.74, 6) is 0.591. The van der Waals surface area contributed by atoms with Crippen LogP contribution in [-0.4, -0.2) is 44.9 Å². The van der Waals surface area contributed by atoms with Crippen LogP contribution in [0.2, 0.25) is 0 Å². The highest BCUT2D eigenvalue weighted by atomic mass is 32.1. The molecule has 1 N–H and O–H groups in total. The Labute approximate surface area is 97.3 Å². The first-order valence-electron chi connectivity index (χ1n) is 4.69. The maximum absolute atomic E-state index is 8.62. The molecule has 2 rings (SSSR count). The van der Waals surface area contributed by atoms with E-state index in [1.165, 1.54) is 11.7 Å². The molecule has 0 radical (unpaired) electrons. The third kappa shape index (κ3) is 2.44. The van der Waals surface area contributed by atoms with E-state index in [9.17, 15) is 0 Å². The zero-order valence-electron chi connectivity index (χ0n) is 8.79. The number of hydrogen-bond donors (Lipinski definition) is 1. The van der Waals surface area contributed by atoms with Gasteiger partial charge in [-0.1, -0.05) is 0 Å². The SMILES string of the molecule is CN1CN=C(NC#N)N(Cc2cnsn2)C1. The van der Waals surface area contributed by atoms with E-state index in [4.69, 9.17) is 5.26 Å². The average Bonchev–Trinajstić information content (AvgIpc) is 2.75. The lowest BCUT2D eigenvalue weighted by Crippen LogP contribution is -2.48. The maximum atomic E-state index is 8.62. The first-order valence-corrected chi connectivity index (χ1v) is 5.42. The van der Waals surface area contributed by atoms with Gasteiger partial charge in [-0.15, -0.1) is 0 Å². The van der Waals surface area contributed by atoms with Gasteiger partial charge in [0, 0.05) is 0 Å². The molecular weight excluding hydrogens is 226 g/mol. The van der Waals surface area contributed by atoms with Crippen molar-refractivity contribution in [3.8, 4) is 6.19 Å². The molecule has 0 bridgehead atoms. The molecule has 0 spiro atoms. The standard InChI is InChI=1S/C8H11N7S/c1-14-5-11-8(10-4-9)15(6-14)3-7-2-12-16-13-7/h2H,3,5-6H2,1H3,(H,10,11). The Kier molecular flexibility index (Phi) is 3.28. The lowest BCUT2D eigenvalue weighted by Gasteiger charge is -2.32. The van der Waals surface area contributed by atoms with Crippen molar-refractivity contribution in [2.45, 2.75) is 6.54 Å². The summed E-state index contributed by atoms with van der Waals surface area (Å²) in [4.78, 5) is 8.24. The van der Waals surface area contributed by atoms with Crippen LogP contribution in [0, 0.1) is 11.5 Å². The summed E-state index contributed by atoms with van der Waals surface area (Å²) in [5, 5.41) is 11.2. The number of nitrogens with one attached hydrogen (secondary N) is 1. The highest BCUT2D eigenvalue weighted by Gasteiger charge is 2.19. The summed E-state index contributed by atoms with van der Waals surface area (Å²) in [6, 6.07) is 0. The van der Waals surface area contributed by atoms with Crippen LogP contribution < -0.4 is 5.32 Å². The van der Waals surface area contributed by atoms with Gasteiger partial charge >= 0.3 is 0 Å². The van der Waals surface area contributed by atoms with E-state index in [-0.39, 0.29) is 0 Å². The molecule has 2 heterocycles. The van der Waals surface area contributed by atoms with E-state index in [1.54, 1.807) is 6.20 Å². The van der Waals surface area contributed by atoms with Gasteiger partial charge in [0.05, 0.1) is 43.5 Å². The number of nitrogens with zero attached hydrogens (tertiary/aromatic N) is 6. The molecular formula is C8H11N7S. The second-order valence-corrected chi connectivity index (χ2v) is 4.01. The average molecular weight is 237 g/mol. The molecule has 1 aliphatic rings. The van der Waals surface area contributed by atoms with Gasteiger partial charge in [-0.25, -0.2) is 4.99 Å². The largest absolute Gasteiger partial charge is 0.323 e. The fourth-order valence-corrected chi connectivity index (χ4v) is 1.86. The first kappa shape index (κ1) is 10.8. The van der Waals surface area contributed by atoms with Gasteiger partial charge in [0.1, 0.15) is 0 Å². The van der Waals surface area contributed by atoms with Crippen LogP contribution >= 0.6 is 11.7 Å². The van der Waals surface area contributed by atoms with E-state index in [1.807, 2.05) is 23.0 Å². The highest BCUT2D eigenvalue weighted by Crippen LogP contribution is 2.07. The molecule has 0 aliphatic carbocycles. The Hall–Kier alpha value is -1.72. The van der Waals surface area contributed by atoms with Crippen LogP contribution in [0.1, 0.15) is 5.69 Å². The molecule has 0 atom stereocenters. The van der Waals surface area contributed by atoms with E-state index < -0.39 is 0 Å². The van der Waals surface area contributed by atoms with Crippen LogP contribution in [-0.2, 0) is 6.54 Å². The minimum Gasteiger partial charge on any atom is -0.323 e. The fraction of sp³-hybridized carbons (Fsp3) is 0.500. The minimum absolute atomic E-state index is 0.591. The number of hydrogen-bond acceptors (Lipinski definition) is 8. The van der Waals surface area contributed by atoms with E-state index in [2.05, 4.69) is 19.1 Å². The molecule has 0 saturated heterocycles. The smallest absolute Gasteiger partial charge is 0.210 e. The number of nitriles is 1. The zero-order chi connectivity index (χ0) is 11.4. The Morgan fingerprint density at radius 3 is 3.25 bits per heavy atom. The zero-order valence-corrected chi connectivity index (χ0v) is 9.61. The molecule has 0 aromatic carbocycles. The summed E-state index contributed by atoms with van der Waals surface area (Å²) in [6.07, 6.45) is 3.61. The second kappa shape index (κ2) is 4.87. The normalized spacial score (nSPS) is 16.8. The predicted molar refractivity (Wildman–Crippen MR) is 59.1 cm³/mol. The first-order chi connectivity index (χ1) is 7.79. The van der Waals surface area contributed by atoms with Crippen molar-refractivity contribution in [1.29, 1.82) is 5.26 Å². The summed E-state index contributed by atoms with van der Waals surface area (Å²) in [6.45, 7) is 1.91. The van der Waals surface area contributed by atoms with Gasteiger partial charge in [-0.05, 0) is 7.05 Å². The quantitative estimate of drug-likeness (QED) is 0.558. The van der Waals surface area contributed by atoms with Gasteiger partial charge in [-0.2, -0.15) is 14.0 Å². The van der Waals surface area contributed by atoms with Crippen molar-refractivity contribution in [2.75, 3.05) is 20.4 Å². The molecule has 1 aromatic rings. The summed E-state index contributed by atoms with van der Waals surface area (Å²) in [7, 11) is 1.97. The molecule has 0 fully saturated rings. The fourth-order valence-electron chi connectivity index (χ4n) is 1.43. The van der Waals surface area contributed by atoms with Crippen molar-refractivity contribution in [1.82, 2.24) is 23.9 Å². The van der Waals surface area contributed by atoms with Crippen molar-refractivity contribution in [2.24, 2.45) is 4.99 Å². The predicted octanol–water partition coefficient (Wildman–Crippen LogP) is -0.373. The second-order valence-electron chi connectivity index (χ2n) is 3.45. The number of aromatic nitrogens is 2. The van der Waals surface area contributed by atoms with E-state index in [0.717, 1.165) is 5.69 Å². The van der Waals surface area contributed by atoms with Gasteiger partial charge < -0.3 is 4.90 Å². The molecule has 1 aromatic heterocycles. The molecule has 0 amide bonds. The van der Waals surface area contributed by atoms with Crippen LogP contribution in [0.15, 0.2) is 11.2 Å². The molecule has 84 valence electrons. The topological polar surface area (TPSA) is 80.4 Å². The minimum atomic E-state index is 0.591. The van der Waals surface area contributed by atoms with Crippen LogP contribution in [0.25, 0.3) is 0 Å². The Morgan fingerprint density at radius 1 is 1.69 bits per heavy atom. The lowest BCUT2D eigenvalue weighted by atomic mass is 10.4. The number of rotatable bonds is 2. The monoisotopic (exact) mass is 237 g/mol. The van der Waals surface area contributed by atoms with Gasteiger partial charge in [0.15, 0.2) is 6.19 Å². The van der Waals surface area contributed by atoms with Gasteiger partial charge in [0.25, 0.3) is 0 Å². The van der Waals surface area contributed by atoms with Crippen LogP contribution in [0.5, 0.6) is 0 Å². The lowest BCUT2D eigenvalue weighted by molar-refractivity contribution is 0.196. The van der Waals surface area contributed by atoms with Gasteiger partial charge in [0.2, 0.25) is 5.96 Å². The van der Waals surface area contributed by atoms with Crippen molar-refractivity contribution >= 4 is 17.7 Å². The Balaban J connectivity index is 2.08. The molecule has 1 aliphatic heterocycles. The Morgan fingerprint density at radius 2 is 2.56 bits per heavy atom. The Bertz CT molecular complexity index is 407. The highest BCUT2D eigenvalue weighted by molar-refractivity contribution is 6.99. The molecule has 0 unspecified atom stereocenters. The summed E-state index contributed by atoms with van der Waals surface area (Å²) >= 11 is 1.18. The summed E-state index contributed by atoms with van der Waals surface area (Å²) in [5.41, 5.74) is 0.882. The van der Waals surface area contributed by atoms with Crippen molar-refractivity contribution in [3.63, 3.8) is 0 Å².